The number of unbranched alkanes of at least 4 members (excludes halogenated alkanes) is 2. The number of aromatic nitrogens is 4. The Morgan fingerprint density at radius 1 is 0.879 bits per heavy atom. The van der Waals surface area contributed by atoms with E-state index < -0.39 is 10.0 Å². The summed E-state index contributed by atoms with van der Waals surface area (Å²) in [6.45, 7) is 4.24. The van der Waals surface area contributed by atoms with Crippen molar-refractivity contribution < 1.29 is 13.2 Å². The zero-order valence-electron chi connectivity index (χ0n) is 18.9. The van der Waals surface area contributed by atoms with Crippen molar-refractivity contribution >= 4 is 10.0 Å². The predicted molar refractivity (Wildman–Crippen MR) is 125 cm³/mol. The lowest BCUT2D eigenvalue weighted by Crippen LogP contribution is -2.48. The smallest absolute Gasteiger partial charge is 0.243 e. The van der Waals surface area contributed by atoms with E-state index in [1.54, 1.807) is 40.5 Å². The summed E-state index contributed by atoms with van der Waals surface area (Å²) in [5, 5.41) is 12.7. The molecule has 2 heterocycles. The Hall–Kier alpha value is -2.82. The van der Waals surface area contributed by atoms with Gasteiger partial charge >= 0.3 is 0 Å². The van der Waals surface area contributed by atoms with E-state index in [-0.39, 0.29) is 0 Å². The maximum atomic E-state index is 12.9. The minimum atomic E-state index is -3.46. The van der Waals surface area contributed by atoms with Gasteiger partial charge in [-0.1, -0.05) is 36.8 Å². The molecule has 176 valence electrons. The van der Waals surface area contributed by atoms with Crippen LogP contribution in [0.15, 0.2) is 59.5 Å². The number of nitrogens with zero attached hydrogens (tertiary/aromatic N) is 6. The molecule has 9 nitrogen and oxygen atoms in total. The van der Waals surface area contributed by atoms with Crippen LogP contribution in [0.25, 0.3) is 11.4 Å². The van der Waals surface area contributed by atoms with Crippen LogP contribution in [0.1, 0.15) is 19.3 Å². The summed E-state index contributed by atoms with van der Waals surface area (Å²) in [5.74, 6) is 1.30. The highest BCUT2D eigenvalue weighted by atomic mass is 32.2. The fourth-order valence-electron chi connectivity index (χ4n) is 3.90. The third-order valence-corrected chi connectivity index (χ3v) is 7.76. The lowest BCUT2D eigenvalue weighted by molar-refractivity contribution is 0.185. The van der Waals surface area contributed by atoms with E-state index in [1.165, 1.54) is 0 Å². The van der Waals surface area contributed by atoms with Gasteiger partial charge in [-0.05, 0) is 48.9 Å². The molecule has 1 aliphatic heterocycles. The fraction of sp³-hybridized carbons (Fsp3) is 0.435. The Labute approximate surface area is 195 Å². The third-order valence-electron chi connectivity index (χ3n) is 5.85. The minimum absolute atomic E-state index is 0.314. The van der Waals surface area contributed by atoms with Crippen molar-refractivity contribution in [3.8, 4) is 17.1 Å². The average Bonchev–Trinajstić information content (AvgIpc) is 3.34. The van der Waals surface area contributed by atoms with E-state index in [2.05, 4.69) is 20.3 Å². The summed E-state index contributed by atoms with van der Waals surface area (Å²) in [4.78, 5) is 4.31. The number of tetrazole rings is 1. The molecule has 4 rings (SSSR count). The number of aryl methyl sites for hydroxylation is 1. The van der Waals surface area contributed by atoms with Crippen LogP contribution < -0.4 is 4.74 Å². The molecule has 0 N–H and O–H groups in total. The number of ether oxygens (including phenoxy) is 1. The van der Waals surface area contributed by atoms with Crippen LogP contribution in [0.5, 0.6) is 5.75 Å². The van der Waals surface area contributed by atoms with Crippen LogP contribution >= 0.6 is 0 Å². The van der Waals surface area contributed by atoms with Crippen molar-refractivity contribution in [1.82, 2.24) is 29.4 Å². The molecular weight excluding hydrogens is 440 g/mol. The van der Waals surface area contributed by atoms with E-state index in [0.29, 0.717) is 29.6 Å². The first-order valence-corrected chi connectivity index (χ1v) is 12.7. The second kappa shape index (κ2) is 10.9. The molecule has 33 heavy (non-hydrogen) atoms. The van der Waals surface area contributed by atoms with Gasteiger partial charge in [-0.15, -0.1) is 10.2 Å². The summed E-state index contributed by atoms with van der Waals surface area (Å²) in [7, 11) is -1.89. The molecule has 0 atom stereocenters. The highest BCUT2D eigenvalue weighted by Crippen LogP contribution is 2.21. The van der Waals surface area contributed by atoms with Crippen molar-refractivity contribution in [3.63, 3.8) is 0 Å². The summed E-state index contributed by atoms with van der Waals surface area (Å²) in [5.41, 5.74) is 0.969. The van der Waals surface area contributed by atoms with Crippen LogP contribution in [-0.4, -0.2) is 77.7 Å². The van der Waals surface area contributed by atoms with Crippen LogP contribution in [0.3, 0.4) is 0 Å². The molecule has 0 bridgehead atoms. The Bertz CT molecular complexity index is 1110. The molecule has 0 amide bonds. The number of sulfonamides is 1. The second-order valence-electron chi connectivity index (χ2n) is 8.06. The van der Waals surface area contributed by atoms with E-state index in [0.717, 1.165) is 51.0 Å². The quantitative estimate of drug-likeness (QED) is 0.420. The Morgan fingerprint density at radius 2 is 1.58 bits per heavy atom. The Balaban J connectivity index is 1.15. The van der Waals surface area contributed by atoms with Gasteiger partial charge in [0.25, 0.3) is 0 Å². The molecule has 0 unspecified atom stereocenters. The van der Waals surface area contributed by atoms with Crippen molar-refractivity contribution in [3.05, 3.63) is 54.6 Å². The molecule has 1 aromatic heterocycles. The second-order valence-corrected chi connectivity index (χ2v) is 9.99. The predicted octanol–water partition coefficient (Wildman–Crippen LogP) is 2.53. The lowest BCUT2D eigenvalue weighted by Gasteiger charge is -2.34. The van der Waals surface area contributed by atoms with Gasteiger partial charge in [0, 0.05) is 31.7 Å². The van der Waals surface area contributed by atoms with Crippen LogP contribution in [0.4, 0.5) is 0 Å². The Kier molecular flexibility index (Phi) is 7.69. The molecule has 0 spiro atoms. The first-order valence-electron chi connectivity index (χ1n) is 11.3. The molecule has 3 aromatic rings. The normalized spacial score (nSPS) is 15.5. The number of hydrogen-bond acceptors (Lipinski definition) is 7. The van der Waals surface area contributed by atoms with Crippen molar-refractivity contribution in [1.29, 1.82) is 0 Å². The van der Waals surface area contributed by atoms with E-state index in [9.17, 15) is 8.42 Å². The van der Waals surface area contributed by atoms with Gasteiger partial charge in [0.05, 0.1) is 18.6 Å². The van der Waals surface area contributed by atoms with Crippen LogP contribution in [0, 0.1) is 0 Å². The summed E-state index contributed by atoms with van der Waals surface area (Å²) >= 11 is 0. The fourth-order valence-corrected chi connectivity index (χ4v) is 5.32. The minimum Gasteiger partial charge on any atom is -0.497 e. The Morgan fingerprint density at radius 3 is 2.27 bits per heavy atom. The SMILES string of the molecule is COc1ccc(S(=O)(=O)N2CCN(CCCCCn3nnc(-c4ccccc4)n3)CC2)cc1. The number of benzene rings is 2. The van der Waals surface area contributed by atoms with E-state index in [1.807, 2.05) is 30.3 Å². The van der Waals surface area contributed by atoms with Gasteiger partial charge in [0.2, 0.25) is 15.8 Å². The monoisotopic (exact) mass is 470 g/mol. The molecule has 1 fully saturated rings. The third kappa shape index (κ3) is 5.95. The van der Waals surface area contributed by atoms with Gasteiger partial charge in [0.15, 0.2) is 0 Å². The van der Waals surface area contributed by atoms with Gasteiger partial charge in [-0.25, -0.2) is 8.42 Å². The van der Waals surface area contributed by atoms with Gasteiger partial charge in [-0.2, -0.15) is 9.10 Å². The van der Waals surface area contributed by atoms with Crippen molar-refractivity contribution in [2.24, 2.45) is 0 Å². The molecule has 0 aliphatic carbocycles. The molecular formula is C23H30N6O3S. The number of piperazine rings is 1. The molecule has 2 aromatic carbocycles. The number of rotatable bonds is 10. The summed E-state index contributed by atoms with van der Waals surface area (Å²) in [6, 6.07) is 16.4. The van der Waals surface area contributed by atoms with Crippen LogP contribution in [0.2, 0.25) is 0 Å². The maximum absolute atomic E-state index is 12.9. The number of methoxy groups -OCH3 is 1. The lowest BCUT2D eigenvalue weighted by atomic mass is 10.2. The van der Waals surface area contributed by atoms with Crippen molar-refractivity contribution in [2.75, 3.05) is 39.8 Å². The standard InChI is InChI=1S/C23H30N6O3S/c1-32-21-10-12-22(13-11-21)33(30,31)28-18-16-27(17-19-28)14-6-3-7-15-29-25-23(24-26-29)20-8-4-2-5-9-20/h2,4-5,8-13H,3,6-7,14-19H2,1H3. The topological polar surface area (TPSA) is 93.5 Å². The van der Waals surface area contributed by atoms with Gasteiger partial charge in [0.1, 0.15) is 5.75 Å². The molecule has 0 saturated carbocycles. The van der Waals surface area contributed by atoms with Gasteiger partial charge in [-0.3, -0.25) is 0 Å². The van der Waals surface area contributed by atoms with E-state index >= 15 is 0 Å². The molecule has 1 aliphatic rings. The highest BCUT2D eigenvalue weighted by molar-refractivity contribution is 7.89. The summed E-state index contributed by atoms with van der Waals surface area (Å²) in [6.07, 6.45) is 3.11. The van der Waals surface area contributed by atoms with Crippen LogP contribution in [-0.2, 0) is 16.6 Å². The van der Waals surface area contributed by atoms with Crippen molar-refractivity contribution in [2.45, 2.75) is 30.7 Å². The van der Waals surface area contributed by atoms with E-state index in [4.69, 9.17) is 4.74 Å². The first kappa shape index (κ1) is 23.3. The highest BCUT2D eigenvalue weighted by Gasteiger charge is 2.28. The van der Waals surface area contributed by atoms with Gasteiger partial charge < -0.3 is 9.64 Å². The molecule has 10 heteroatoms. The summed E-state index contributed by atoms with van der Waals surface area (Å²) < 4.78 is 32.4. The maximum Gasteiger partial charge on any atom is 0.243 e. The molecule has 0 radical (unpaired) electrons. The zero-order chi connectivity index (χ0) is 23.1. The molecule has 1 saturated heterocycles. The average molecular weight is 471 g/mol. The zero-order valence-corrected chi connectivity index (χ0v) is 19.7. The first-order chi connectivity index (χ1) is 16.1. The largest absolute Gasteiger partial charge is 0.497 e. The number of hydrogen-bond donors (Lipinski definition) is 0.